The number of alkyl halides is 1. The summed E-state index contributed by atoms with van der Waals surface area (Å²) >= 11 is 5.27. The van der Waals surface area contributed by atoms with Crippen molar-refractivity contribution in [2.45, 2.75) is 12.4 Å². The number of hydrogen-bond donors (Lipinski definition) is 1. The van der Waals surface area contributed by atoms with Gasteiger partial charge in [0.1, 0.15) is 0 Å². The summed E-state index contributed by atoms with van der Waals surface area (Å²) in [4.78, 5) is 0. The third kappa shape index (κ3) is 3.99. The first-order valence-electron chi connectivity index (χ1n) is 1.80. The van der Waals surface area contributed by atoms with E-state index in [0.717, 1.165) is 0 Å². The van der Waals surface area contributed by atoms with E-state index in [1.807, 2.05) is 13.0 Å². The van der Waals surface area contributed by atoms with Crippen LogP contribution in [0.4, 0.5) is 0 Å². The zero-order chi connectivity index (χ0) is 4.99. The van der Waals surface area contributed by atoms with Crippen LogP contribution in [0.1, 0.15) is 6.92 Å². The SMILES string of the molecule is CC=CC(N)Cl. The maximum Gasteiger partial charge on any atom is 0.0986 e. The molecule has 0 aromatic rings. The summed E-state index contributed by atoms with van der Waals surface area (Å²) in [5, 5.41) is 0. The molecular formula is C4H8ClN. The van der Waals surface area contributed by atoms with Gasteiger partial charge in [-0.1, -0.05) is 12.2 Å². The lowest BCUT2D eigenvalue weighted by Gasteiger charge is -1.85. The van der Waals surface area contributed by atoms with E-state index in [9.17, 15) is 0 Å². The second-order valence-corrected chi connectivity index (χ2v) is 1.47. The van der Waals surface area contributed by atoms with Crippen LogP contribution in [0, 0.1) is 0 Å². The van der Waals surface area contributed by atoms with Gasteiger partial charge in [0.2, 0.25) is 0 Å². The molecule has 0 aliphatic heterocycles. The van der Waals surface area contributed by atoms with E-state index >= 15 is 0 Å². The Morgan fingerprint density at radius 3 is 2.33 bits per heavy atom. The lowest BCUT2D eigenvalue weighted by Crippen LogP contribution is -2.05. The van der Waals surface area contributed by atoms with Crippen molar-refractivity contribution >= 4 is 11.6 Å². The molecule has 0 aliphatic rings. The summed E-state index contributed by atoms with van der Waals surface area (Å²) in [6.45, 7) is 1.88. The van der Waals surface area contributed by atoms with E-state index in [-0.39, 0.29) is 5.50 Å². The minimum atomic E-state index is -0.310. The topological polar surface area (TPSA) is 26.0 Å². The number of hydrogen-bond acceptors (Lipinski definition) is 1. The zero-order valence-corrected chi connectivity index (χ0v) is 4.44. The van der Waals surface area contributed by atoms with Crippen molar-refractivity contribution in [1.29, 1.82) is 0 Å². The lowest BCUT2D eigenvalue weighted by molar-refractivity contribution is 1.14. The summed E-state index contributed by atoms with van der Waals surface area (Å²) in [5.74, 6) is 0. The molecule has 2 heteroatoms. The van der Waals surface area contributed by atoms with Crippen molar-refractivity contribution in [3.63, 3.8) is 0 Å². The van der Waals surface area contributed by atoms with Gasteiger partial charge in [-0.05, 0) is 6.92 Å². The number of nitrogens with two attached hydrogens (primary N) is 1. The maximum atomic E-state index is 5.27. The molecule has 0 radical (unpaired) electrons. The fraction of sp³-hybridized carbons (Fsp3) is 0.500. The highest BCUT2D eigenvalue weighted by Gasteiger charge is 1.79. The van der Waals surface area contributed by atoms with Gasteiger partial charge < -0.3 is 5.73 Å². The molecule has 0 amide bonds. The Balaban J connectivity index is 3.03. The van der Waals surface area contributed by atoms with Crippen LogP contribution in [0.2, 0.25) is 0 Å². The van der Waals surface area contributed by atoms with E-state index < -0.39 is 0 Å². The Morgan fingerprint density at radius 2 is 2.33 bits per heavy atom. The predicted molar refractivity (Wildman–Crippen MR) is 28.6 cm³/mol. The highest BCUT2D eigenvalue weighted by Crippen LogP contribution is 1.84. The van der Waals surface area contributed by atoms with E-state index in [2.05, 4.69) is 0 Å². The Kier molecular flexibility index (Phi) is 3.19. The Labute approximate surface area is 42.8 Å². The van der Waals surface area contributed by atoms with Crippen molar-refractivity contribution < 1.29 is 0 Å². The van der Waals surface area contributed by atoms with Gasteiger partial charge in [0.05, 0.1) is 5.50 Å². The van der Waals surface area contributed by atoms with Crippen LogP contribution >= 0.6 is 11.6 Å². The Hall–Kier alpha value is -0.0100. The summed E-state index contributed by atoms with van der Waals surface area (Å²) < 4.78 is 0. The second-order valence-electron chi connectivity index (χ2n) is 0.970. The summed E-state index contributed by atoms with van der Waals surface area (Å²) in [6.07, 6.45) is 3.53. The average molecular weight is 106 g/mol. The quantitative estimate of drug-likeness (QED) is 0.302. The molecule has 0 saturated carbocycles. The molecule has 0 aromatic carbocycles. The summed E-state index contributed by atoms with van der Waals surface area (Å²) in [6, 6.07) is 0. The van der Waals surface area contributed by atoms with Gasteiger partial charge >= 0.3 is 0 Å². The van der Waals surface area contributed by atoms with Crippen LogP contribution in [-0.4, -0.2) is 5.50 Å². The van der Waals surface area contributed by atoms with Crippen molar-refractivity contribution in [3.8, 4) is 0 Å². The molecule has 1 nitrogen and oxygen atoms in total. The molecule has 6 heavy (non-hydrogen) atoms. The Bertz CT molecular complexity index is 49.5. The molecule has 1 unspecified atom stereocenters. The molecule has 0 saturated heterocycles. The van der Waals surface area contributed by atoms with Gasteiger partial charge in [-0.3, -0.25) is 0 Å². The van der Waals surface area contributed by atoms with Crippen molar-refractivity contribution in [3.05, 3.63) is 12.2 Å². The van der Waals surface area contributed by atoms with E-state index in [4.69, 9.17) is 17.3 Å². The maximum absolute atomic E-state index is 5.27. The van der Waals surface area contributed by atoms with Gasteiger partial charge in [0.25, 0.3) is 0 Å². The van der Waals surface area contributed by atoms with Gasteiger partial charge in [0.15, 0.2) is 0 Å². The smallest absolute Gasteiger partial charge is 0.0986 e. The first-order chi connectivity index (χ1) is 2.77. The monoisotopic (exact) mass is 105 g/mol. The number of rotatable bonds is 1. The third-order valence-corrected chi connectivity index (χ3v) is 0.522. The standard InChI is InChI=1S/C4H8ClN/c1-2-3-4(5)6/h2-4H,6H2,1H3. The minimum Gasteiger partial charge on any atom is -0.312 e. The highest BCUT2D eigenvalue weighted by molar-refractivity contribution is 6.21. The van der Waals surface area contributed by atoms with Crippen LogP contribution in [-0.2, 0) is 0 Å². The zero-order valence-electron chi connectivity index (χ0n) is 3.69. The third-order valence-electron chi connectivity index (χ3n) is 0.376. The molecule has 0 spiro atoms. The van der Waals surface area contributed by atoms with Crippen LogP contribution in [0.25, 0.3) is 0 Å². The Morgan fingerprint density at radius 1 is 1.83 bits per heavy atom. The van der Waals surface area contributed by atoms with Crippen LogP contribution in [0.15, 0.2) is 12.2 Å². The van der Waals surface area contributed by atoms with Crippen LogP contribution < -0.4 is 5.73 Å². The number of allylic oxidation sites excluding steroid dienone is 1. The molecule has 36 valence electrons. The highest BCUT2D eigenvalue weighted by atomic mass is 35.5. The molecule has 0 aromatic heterocycles. The summed E-state index contributed by atoms with van der Waals surface area (Å²) in [5.41, 5.74) is 4.77. The van der Waals surface area contributed by atoms with E-state index in [0.29, 0.717) is 0 Å². The predicted octanol–water partition coefficient (Wildman–Crippen LogP) is 1.09. The molecule has 0 fully saturated rings. The molecule has 1 atom stereocenters. The first-order valence-corrected chi connectivity index (χ1v) is 2.23. The van der Waals surface area contributed by atoms with Gasteiger partial charge in [-0.2, -0.15) is 0 Å². The molecule has 0 bridgehead atoms. The van der Waals surface area contributed by atoms with Crippen molar-refractivity contribution in [2.24, 2.45) is 5.73 Å². The number of halogens is 1. The molecule has 0 heterocycles. The fourth-order valence-electron chi connectivity index (χ4n) is 0.184. The van der Waals surface area contributed by atoms with Gasteiger partial charge in [0, 0.05) is 0 Å². The fourth-order valence-corrected chi connectivity index (χ4v) is 0.329. The van der Waals surface area contributed by atoms with Gasteiger partial charge in [-0.25, -0.2) is 0 Å². The average Bonchev–Trinajstić information content (AvgIpc) is 1.35. The lowest BCUT2D eigenvalue weighted by atomic mass is 10.5. The summed E-state index contributed by atoms with van der Waals surface area (Å²) in [7, 11) is 0. The van der Waals surface area contributed by atoms with Crippen LogP contribution in [0.3, 0.4) is 0 Å². The second kappa shape index (κ2) is 3.19. The normalized spacial score (nSPS) is 15.8. The molecular weight excluding hydrogens is 97.5 g/mol. The first kappa shape index (κ1) is 5.99. The largest absolute Gasteiger partial charge is 0.312 e. The van der Waals surface area contributed by atoms with Crippen molar-refractivity contribution in [2.75, 3.05) is 0 Å². The minimum absolute atomic E-state index is 0.310. The van der Waals surface area contributed by atoms with E-state index in [1.165, 1.54) is 0 Å². The molecule has 2 N–H and O–H groups in total. The van der Waals surface area contributed by atoms with Crippen LogP contribution in [0.5, 0.6) is 0 Å². The molecule has 0 rings (SSSR count). The van der Waals surface area contributed by atoms with E-state index in [1.54, 1.807) is 6.08 Å². The molecule has 0 aliphatic carbocycles. The van der Waals surface area contributed by atoms with Crippen molar-refractivity contribution in [1.82, 2.24) is 0 Å². The van der Waals surface area contributed by atoms with Gasteiger partial charge in [-0.15, -0.1) is 11.6 Å².